The highest BCUT2D eigenvalue weighted by Gasteiger charge is 2.08. The maximum atomic E-state index is 11.8. The summed E-state index contributed by atoms with van der Waals surface area (Å²) in [6, 6.07) is 13.2. The van der Waals surface area contributed by atoms with Crippen molar-refractivity contribution in [3.63, 3.8) is 0 Å². The third-order valence-electron chi connectivity index (χ3n) is 4.16. The number of hydrogen-bond donors (Lipinski definition) is 3. The van der Waals surface area contributed by atoms with Crippen LogP contribution in [0.25, 0.3) is 22.4 Å². The Kier molecular flexibility index (Phi) is 5.86. The lowest BCUT2D eigenvalue weighted by molar-refractivity contribution is -0.117. The summed E-state index contributed by atoms with van der Waals surface area (Å²) in [6.07, 6.45) is 2.66. The molecule has 6 nitrogen and oxygen atoms in total. The SMILES string of the molecule is CCCC(=O)Nc1ccc(-c2nc3ccc(NC(=O)CCC)cc3[nH]2)cc1. The second-order valence-electron chi connectivity index (χ2n) is 6.49. The molecule has 0 saturated carbocycles. The monoisotopic (exact) mass is 364 g/mol. The van der Waals surface area contributed by atoms with Crippen molar-refractivity contribution < 1.29 is 9.59 Å². The van der Waals surface area contributed by atoms with Crippen LogP contribution < -0.4 is 10.6 Å². The van der Waals surface area contributed by atoms with Crippen molar-refractivity contribution in [1.29, 1.82) is 0 Å². The van der Waals surface area contributed by atoms with Crippen molar-refractivity contribution in [2.45, 2.75) is 39.5 Å². The predicted octanol–water partition coefficient (Wildman–Crippen LogP) is 4.71. The van der Waals surface area contributed by atoms with Crippen LogP contribution in [0.15, 0.2) is 42.5 Å². The Morgan fingerprint density at radius 3 is 2.11 bits per heavy atom. The molecule has 3 N–H and O–H groups in total. The normalized spacial score (nSPS) is 10.7. The molecule has 2 aromatic carbocycles. The number of benzene rings is 2. The minimum atomic E-state index is 0.0114. The van der Waals surface area contributed by atoms with Crippen LogP contribution in [0.5, 0.6) is 0 Å². The van der Waals surface area contributed by atoms with Crippen LogP contribution >= 0.6 is 0 Å². The number of H-pyrrole nitrogens is 1. The van der Waals surface area contributed by atoms with Crippen molar-refractivity contribution in [2.75, 3.05) is 10.6 Å². The van der Waals surface area contributed by atoms with E-state index in [1.54, 1.807) is 0 Å². The number of anilines is 2. The molecule has 0 bridgehead atoms. The minimum absolute atomic E-state index is 0.0114. The van der Waals surface area contributed by atoms with Gasteiger partial charge in [-0.1, -0.05) is 13.8 Å². The first-order chi connectivity index (χ1) is 13.1. The average molecular weight is 364 g/mol. The van der Waals surface area contributed by atoms with Gasteiger partial charge in [-0.15, -0.1) is 0 Å². The molecule has 140 valence electrons. The van der Waals surface area contributed by atoms with Crippen molar-refractivity contribution in [3.8, 4) is 11.4 Å². The average Bonchev–Trinajstić information content (AvgIpc) is 3.06. The van der Waals surface area contributed by atoms with E-state index in [4.69, 9.17) is 0 Å². The van der Waals surface area contributed by atoms with E-state index in [-0.39, 0.29) is 11.8 Å². The van der Waals surface area contributed by atoms with Gasteiger partial charge >= 0.3 is 0 Å². The summed E-state index contributed by atoms with van der Waals surface area (Å²) < 4.78 is 0. The highest BCUT2D eigenvalue weighted by atomic mass is 16.2. The third-order valence-corrected chi connectivity index (χ3v) is 4.16. The summed E-state index contributed by atoms with van der Waals surface area (Å²) in [7, 11) is 0. The number of nitrogens with zero attached hydrogens (tertiary/aromatic N) is 1. The molecular formula is C21H24N4O2. The highest BCUT2D eigenvalue weighted by Crippen LogP contribution is 2.24. The number of aromatic amines is 1. The molecule has 0 saturated heterocycles. The second-order valence-corrected chi connectivity index (χ2v) is 6.49. The highest BCUT2D eigenvalue weighted by molar-refractivity contribution is 5.93. The van der Waals surface area contributed by atoms with E-state index in [1.165, 1.54) is 0 Å². The number of imidazole rings is 1. The Bertz CT molecular complexity index is 944. The first kappa shape index (κ1) is 18.6. The van der Waals surface area contributed by atoms with E-state index in [9.17, 15) is 9.59 Å². The molecule has 0 spiro atoms. The van der Waals surface area contributed by atoms with Gasteiger partial charge in [-0.3, -0.25) is 9.59 Å². The van der Waals surface area contributed by atoms with Crippen LogP contribution in [0.4, 0.5) is 11.4 Å². The first-order valence-corrected chi connectivity index (χ1v) is 9.29. The number of nitrogens with one attached hydrogen (secondary N) is 3. The molecular weight excluding hydrogens is 340 g/mol. The molecule has 3 aromatic rings. The fourth-order valence-electron chi connectivity index (χ4n) is 2.84. The fourth-order valence-corrected chi connectivity index (χ4v) is 2.84. The van der Waals surface area contributed by atoms with Gasteiger partial charge < -0.3 is 15.6 Å². The molecule has 0 aliphatic carbocycles. The van der Waals surface area contributed by atoms with Gasteiger partial charge in [0.05, 0.1) is 11.0 Å². The van der Waals surface area contributed by atoms with Crippen LogP contribution in [0, 0.1) is 0 Å². The van der Waals surface area contributed by atoms with Crippen molar-refractivity contribution in [3.05, 3.63) is 42.5 Å². The van der Waals surface area contributed by atoms with Gasteiger partial charge in [0.15, 0.2) is 0 Å². The quantitative estimate of drug-likeness (QED) is 0.567. The molecule has 0 aliphatic heterocycles. The molecule has 0 unspecified atom stereocenters. The maximum absolute atomic E-state index is 11.8. The van der Waals surface area contributed by atoms with E-state index in [0.29, 0.717) is 12.8 Å². The molecule has 0 radical (unpaired) electrons. The first-order valence-electron chi connectivity index (χ1n) is 9.29. The molecule has 1 aromatic heterocycles. The van der Waals surface area contributed by atoms with Crippen LogP contribution in [-0.4, -0.2) is 21.8 Å². The summed E-state index contributed by atoms with van der Waals surface area (Å²) in [5.41, 5.74) is 4.15. The number of aromatic nitrogens is 2. The van der Waals surface area contributed by atoms with E-state index < -0.39 is 0 Å². The third kappa shape index (κ3) is 4.73. The zero-order valence-corrected chi connectivity index (χ0v) is 15.6. The van der Waals surface area contributed by atoms with Gasteiger partial charge in [-0.25, -0.2) is 4.98 Å². The lowest BCUT2D eigenvalue weighted by Crippen LogP contribution is -2.10. The fraction of sp³-hybridized carbons (Fsp3) is 0.286. The molecule has 0 fully saturated rings. The summed E-state index contributed by atoms with van der Waals surface area (Å²) in [5, 5.41) is 5.77. The number of rotatable bonds is 7. The summed E-state index contributed by atoms with van der Waals surface area (Å²) >= 11 is 0. The van der Waals surface area contributed by atoms with E-state index in [2.05, 4.69) is 20.6 Å². The summed E-state index contributed by atoms with van der Waals surface area (Å²) in [5.74, 6) is 0.775. The maximum Gasteiger partial charge on any atom is 0.224 e. The number of amides is 2. The van der Waals surface area contributed by atoms with Crippen LogP contribution in [-0.2, 0) is 9.59 Å². The number of hydrogen-bond acceptors (Lipinski definition) is 3. The Balaban J connectivity index is 1.76. The van der Waals surface area contributed by atoms with E-state index in [1.807, 2.05) is 56.3 Å². The topological polar surface area (TPSA) is 86.9 Å². The van der Waals surface area contributed by atoms with E-state index in [0.717, 1.165) is 46.6 Å². The van der Waals surface area contributed by atoms with Crippen LogP contribution in [0.1, 0.15) is 39.5 Å². The van der Waals surface area contributed by atoms with Crippen molar-refractivity contribution in [1.82, 2.24) is 9.97 Å². The van der Waals surface area contributed by atoms with Crippen molar-refractivity contribution >= 4 is 34.2 Å². The number of carbonyl (C=O) groups is 2. The molecule has 3 rings (SSSR count). The molecule has 0 atom stereocenters. The largest absolute Gasteiger partial charge is 0.338 e. The van der Waals surface area contributed by atoms with Gasteiger partial charge in [0, 0.05) is 29.8 Å². The van der Waals surface area contributed by atoms with Gasteiger partial charge in [0.2, 0.25) is 11.8 Å². The van der Waals surface area contributed by atoms with Gasteiger partial charge in [0.25, 0.3) is 0 Å². The molecule has 2 amide bonds. The molecule has 0 aliphatic rings. The van der Waals surface area contributed by atoms with Gasteiger partial charge in [-0.05, 0) is 55.3 Å². The molecule has 6 heteroatoms. The summed E-state index contributed by atoms with van der Waals surface area (Å²) in [6.45, 7) is 3.95. The smallest absolute Gasteiger partial charge is 0.224 e. The zero-order chi connectivity index (χ0) is 19.2. The Labute approximate surface area is 158 Å². The standard InChI is InChI=1S/C21H24N4O2/c1-3-5-19(26)22-15-9-7-14(8-10-15)21-24-17-12-11-16(13-18(17)25-21)23-20(27)6-4-2/h7-13H,3-6H2,1-2H3,(H,22,26)(H,23,27)(H,24,25). The lowest BCUT2D eigenvalue weighted by Gasteiger charge is -2.04. The Morgan fingerprint density at radius 2 is 1.48 bits per heavy atom. The Morgan fingerprint density at radius 1 is 0.889 bits per heavy atom. The second kappa shape index (κ2) is 8.49. The minimum Gasteiger partial charge on any atom is -0.338 e. The van der Waals surface area contributed by atoms with E-state index >= 15 is 0 Å². The van der Waals surface area contributed by atoms with Crippen molar-refractivity contribution in [2.24, 2.45) is 0 Å². The van der Waals surface area contributed by atoms with Crippen LogP contribution in [0.2, 0.25) is 0 Å². The zero-order valence-electron chi connectivity index (χ0n) is 15.6. The van der Waals surface area contributed by atoms with Gasteiger partial charge in [-0.2, -0.15) is 0 Å². The molecule has 27 heavy (non-hydrogen) atoms. The Hall–Kier alpha value is -3.15. The summed E-state index contributed by atoms with van der Waals surface area (Å²) in [4.78, 5) is 31.3. The van der Waals surface area contributed by atoms with Gasteiger partial charge in [0.1, 0.15) is 5.82 Å². The molecule has 1 heterocycles. The number of fused-ring (bicyclic) bond motifs is 1. The van der Waals surface area contributed by atoms with Crippen LogP contribution in [0.3, 0.4) is 0 Å². The predicted molar refractivity (Wildman–Crippen MR) is 109 cm³/mol. The number of carbonyl (C=O) groups excluding carboxylic acids is 2. The lowest BCUT2D eigenvalue weighted by atomic mass is 10.2.